The summed E-state index contributed by atoms with van der Waals surface area (Å²) in [4.78, 5) is 23.0. The van der Waals surface area contributed by atoms with Crippen LogP contribution in [-0.4, -0.2) is 22.8 Å². The number of carboxylic acids is 1. The Bertz CT molecular complexity index is 550. The topological polar surface area (TPSA) is 75.6 Å². The summed E-state index contributed by atoms with van der Waals surface area (Å²) in [6.45, 7) is 11.2. The summed E-state index contributed by atoms with van der Waals surface area (Å²) in [5, 5.41) is 11.8. The average molecular weight is 293 g/mol. The van der Waals surface area contributed by atoms with E-state index >= 15 is 0 Å². The molecule has 0 heterocycles. The predicted octanol–water partition coefficient (Wildman–Crippen LogP) is 4.03. The number of nitrogens with one attached hydrogen (secondary N) is 1. The fraction of sp³-hybridized carbons (Fsp3) is 0.500. The highest BCUT2D eigenvalue weighted by molar-refractivity contribution is 5.92. The molecule has 0 aliphatic heterocycles. The van der Waals surface area contributed by atoms with Crippen molar-refractivity contribution in [3.05, 3.63) is 29.3 Å². The van der Waals surface area contributed by atoms with Gasteiger partial charge in [-0.1, -0.05) is 20.8 Å². The van der Waals surface area contributed by atoms with Crippen LogP contribution in [0.15, 0.2) is 18.2 Å². The van der Waals surface area contributed by atoms with Gasteiger partial charge in [0.05, 0.1) is 5.56 Å². The minimum Gasteiger partial charge on any atom is -0.478 e. The summed E-state index contributed by atoms with van der Waals surface area (Å²) in [7, 11) is 0. The van der Waals surface area contributed by atoms with Gasteiger partial charge in [-0.15, -0.1) is 0 Å². The molecule has 2 N–H and O–H groups in total. The number of rotatable bonds is 2. The van der Waals surface area contributed by atoms with E-state index in [1.807, 2.05) is 20.8 Å². The SMILES string of the molecule is CC(C)(C)OC(=O)Nc1cc(C(=O)O)cc(C(C)(C)C)c1. The maximum Gasteiger partial charge on any atom is 0.412 e. The third-order valence-corrected chi connectivity index (χ3v) is 2.69. The van der Waals surface area contributed by atoms with Crippen molar-refractivity contribution in [2.24, 2.45) is 0 Å². The lowest BCUT2D eigenvalue weighted by Gasteiger charge is -2.22. The van der Waals surface area contributed by atoms with Crippen LogP contribution in [0.25, 0.3) is 0 Å². The zero-order chi connectivity index (χ0) is 16.4. The molecule has 5 heteroatoms. The van der Waals surface area contributed by atoms with Crippen molar-refractivity contribution in [2.45, 2.75) is 52.6 Å². The highest BCUT2D eigenvalue weighted by Crippen LogP contribution is 2.27. The number of carbonyl (C=O) groups excluding carboxylic acids is 1. The number of hydrogen-bond donors (Lipinski definition) is 2. The quantitative estimate of drug-likeness (QED) is 0.863. The van der Waals surface area contributed by atoms with Gasteiger partial charge in [0.1, 0.15) is 5.60 Å². The Morgan fingerprint density at radius 3 is 2.05 bits per heavy atom. The second kappa shape index (κ2) is 5.76. The second-order valence-corrected chi connectivity index (χ2v) is 6.98. The minimum atomic E-state index is -1.03. The number of benzene rings is 1. The van der Waals surface area contributed by atoms with Crippen LogP contribution in [0.1, 0.15) is 57.5 Å². The van der Waals surface area contributed by atoms with E-state index in [-0.39, 0.29) is 11.0 Å². The van der Waals surface area contributed by atoms with Crippen LogP contribution in [0.3, 0.4) is 0 Å². The fourth-order valence-electron chi connectivity index (χ4n) is 1.68. The maximum absolute atomic E-state index is 11.8. The standard InChI is InChI=1S/C16H23NO4/c1-15(2,3)11-7-10(13(18)19)8-12(9-11)17-14(20)21-16(4,5)6/h7-9H,1-6H3,(H,17,20)(H,18,19). The molecule has 0 bridgehead atoms. The summed E-state index contributed by atoms with van der Waals surface area (Å²) in [5.74, 6) is -1.03. The molecule has 0 aliphatic carbocycles. The largest absolute Gasteiger partial charge is 0.478 e. The predicted molar refractivity (Wildman–Crippen MR) is 82.0 cm³/mol. The average Bonchev–Trinajstić information content (AvgIpc) is 2.24. The fourth-order valence-corrected chi connectivity index (χ4v) is 1.68. The lowest BCUT2D eigenvalue weighted by atomic mass is 9.86. The molecule has 0 aliphatic rings. The first-order valence-corrected chi connectivity index (χ1v) is 6.77. The van der Waals surface area contributed by atoms with E-state index in [9.17, 15) is 14.7 Å². The second-order valence-electron chi connectivity index (χ2n) is 6.98. The number of carbonyl (C=O) groups is 2. The van der Waals surface area contributed by atoms with E-state index in [4.69, 9.17) is 4.74 Å². The molecule has 0 saturated carbocycles. The maximum atomic E-state index is 11.8. The molecule has 5 nitrogen and oxygen atoms in total. The number of carboxylic acid groups (broad SMARTS) is 1. The molecular formula is C16H23NO4. The summed E-state index contributed by atoms with van der Waals surface area (Å²) >= 11 is 0. The summed E-state index contributed by atoms with van der Waals surface area (Å²) in [6.07, 6.45) is -0.607. The zero-order valence-corrected chi connectivity index (χ0v) is 13.4. The van der Waals surface area contributed by atoms with Gasteiger partial charge in [-0.2, -0.15) is 0 Å². The van der Waals surface area contributed by atoms with E-state index in [2.05, 4.69) is 5.32 Å². The van der Waals surface area contributed by atoms with Crippen LogP contribution < -0.4 is 5.32 Å². The summed E-state index contributed by atoms with van der Waals surface area (Å²) in [5.41, 5.74) is 0.535. The first kappa shape index (κ1) is 17.0. The van der Waals surface area contributed by atoms with Crippen molar-refractivity contribution in [3.63, 3.8) is 0 Å². The van der Waals surface area contributed by atoms with Crippen LogP contribution in [0.2, 0.25) is 0 Å². The molecule has 0 saturated heterocycles. The van der Waals surface area contributed by atoms with Gasteiger partial charge >= 0.3 is 12.1 Å². The molecule has 116 valence electrons. The molecule has 0 fully saturated rings. The molecule has 0 spiro atoms. The summed E-state index contributed by atoms with van der Waals surface area (Å²) in [6, 6.07) is 4.79. The van der Waals surface area contributed by atoms with Crippen LogP contribution in [0.5, 0.6) is 0 Å². The van der Waals surface area contributed by atoms with Gasteiger partial charge in [0.25, 0.3) is 0 Å². The molecule has 21 heavy (non-hydrogen) atoms. The van der Waals surface area contributed by atoms with Gasteiger partial charge in [-0.05, 0) is 49.9 Å². The van der Waals surface area contributed by atoms with Crippen molar-refractivity contribution in [1.82, 2.24) is 0 Å². The van der Waals surface area contributed by atoms with Crippen LogP contribution in [0.4, 0.5) is 10.5 Å². The van der Waals surface area contributed by atoms with Crippen molar-refractivity contribution in [2.75, 3.05) is 5.32 Å². The van der Waals surface area contributed by atoms with E-state index in [1.165, 1.54) is 6.07 Å². The van der Waals surface area contributed by atoms with Gasteiger partial charge in [0.2, 0.25) is 0 Å². The molecule has 1 rings (SSSR count). The zero-order valence-electron chi connectivity index (χ0n) is 13.4. The van der Waals surface area contributed by atoms with Crippen LogP contribution in [0, 0.1) is 0 Å². The molecule has 1 amide bonds. The van der Waals surface area contributed by atoms with E-state index in [1.54, 1.807) is 32.9 Å². The number of hydrogen-bond acceptors (Lipinski definition) is 3. The van der Waals surface area contributed by atoms with Gasteiger partial charge < -0.3 is 9.84 Å². The smallest absolute Gasteiger partial charge is 0.412 e. The third-order valence-electron chi connectivity index (χ3n) is 2.69. The Hall–Kier alpha value is -2.04. The van der Waals surface area contributed by atoms with E-state index in [0.29, 0.717) is 5.69 Å². The van der Waals surface area contributed by atoms with E-state index < -0.39 is 17.7 Å². The highest BCUT2D eigenvalue weighted by Gasteiger charge is 2.20. The van der Waals surface area contributed by atoms with Gasteiger partial charge in [-0.25, -0.2) is 9.59 Å². The Morgan fingerprint density at radius 2 is 1.62 bits per heavy atom. The normalized spacial score (nSPS) is 11.9. The first-order valence-electron chi connectivity index (χ1n) is 6.77. The van der Waals surface area contributed by atoms with Crippen molar-refractivity contribution in [3.8, 4) is 0 Å². The van der Waals surface area contributed by atoms with Crippen molar-refractivity contribution < 1.29 is 19.4 Å². The Labute approximate surface area is 125 Å². The van der Waals surface area contributed by atoms with Gasteiger partial charge in [0, 0.05) is 5.69 Å². The monoisotopic (exact) mass is 293 g/mol. The Balaban J connectivity index is 3.10. The lowest BCUT2D eigenvalue weighted by Crippen LogP contribution is -2.27. The van der Waals surface area contributed by atoms with Crippen molar-refractivity contribution >= 4 is 17.7 Å². The summed E-state index contributed by atoms with van der Waals surface area (Å²) < 4.78 is 5.17. The molecular weight excluding hydrogens is 270 g/mol. The van der Waals surface area contributed by atoms with Gasteiger partial charge in [-0.3, -0.25) is 5.32 Å². The molecule has 0 unspecified atom stereocenters. The number of ether oxygens (including phenoxy) is 1. The van der Waals surface area contributed by atoms with Gasteiger partial charge in [0.15, 0.2) is 0 Å². The Morgan fingerprint density at radius 1 is 1.05 bits per heavy atom. The molecule has 0 atom stereocenters. The number of aromatic carboxylic acids is 1. The number of amides is 1. The van der Waals surface area contributed by atoms with Crippen molar-refractivity contribution in [1.29, 1.82) is 0 Å². The van der Waals surface area contributed by atoms with Crippen LogP contribution in [-0.2, 0) is 10.2 Å². The molecule has 1 aromatic carbocycles. The molecule has 0 aromatic heterocycles. The minimum absolute atomic E-state index is 0.133. The lowest BCUT2D eigenvalue weighted by molar-refractivity contribution is 0.0632. The molecule has 1 aromatic rings. The van der Waals surface area contributed by atoms with E-state index in [0.717, 1.165) is 5.56 Å². The third kappa shape index (κ3) is 5.45. The molecule has 0 radical (unpaired) electrons. The van der Waals surface area contributed by atoms with Crippen LogP contribution >= 0.6 is 0 Å². The first-order chi connectivity index (χ1) is 9.38. The number of anilines is 1. The highest BCUT2D eigenvalue weighted by atomic mass is 16.6. The Kier molecular flexibility index (Phi) is 4.66.